The summed E-state index contributed by atoms with van der Waals surface area (Å²) < 4.78 is 0. The maximum atomic E-state index is 12.1. The largest absolute Gasteiger partial charge is 0.382 e. The Balaban J connectivity index is 1.61. The van der Waals surface area contributed by atoms with Gasteiger partial charge in [0.15, 0.2) is 5.13 Å². The number of carbonyl (C=O) groups excluding carboxylic acids is 1. The maximum Gasteiger partial charge on any atom is 0.265 e. The number of nitrogens with two attached hydrogens (primary N) is 1. The Bertz CT molecular complexity index is 649. The predicted octanol–water partition coefficient (Wildman–Crippen LogP) is 1.33. The lowest BCUT2D eigenvalue weighted by Crippen LogP contribution is -2.23. The average molecular weight is 304 g/mol. The molecule has 0 bridgehead atoms. The van der Waals surface area contributed by atoms with Gasteiger partial charge in [0, 0.05) is 12.2 Å². The molecule has 0 aromatic carbocycles. The van der Waals surface area contributed by atoms with Gasteiger partial charge in [-0.2, -0.15) is 0 Å². The number of hydrogen-bond acceptors (Lipinski definition) is 7. The second kappa shape index (κ2) is 5.65. The van der Waals surface area contributed by atoms with Crippen molar-refractivity contribution in [2.24, 2.45) is 0 Å². The van der Waals surface area contributed by atoms with Crippen LogP contribution in [0.2, 0.25) is 0 Å². The highest BCUT2D eigenvalue weighted by atomic mass is 32.1. The van der Waals surface area contributed by atoms with Gasteiger partial charge >= 0.3 is 0 Å². The molecule has 1 saturated carbocycles. The number of hydrogen-bond donors (Lipinski definition) is 3. The molecule has 1 aliphatic rings. The van der Waals surface area contributed by atoms with Crippen LogP contribution in [0.1, 0.15) is 33.9 Å². The van der Waals surface area contributed by atoms with E-state index in [2.05, 4.69) is 25.6 Å². The van der Waals surface area contributed by atoms with Gasteiger partial charge < -0.3 is 16.4 Å². The SMILES string of the molecule is Cc1cnc(CNC(=O)c2sc(NC3CC3)nc2N)cn1. The van der Waals surface area contributed by atoms with E-state index in [1.54, 1.807) is 12.4 Å². The molecule has 110 valence electrons. The van der Waals surface area contributed by atoms with E-state index >= 15 is 0 Å². The first-order valence-electron chi connectivity index (χ1n) is 6.70. The van der Waals surface area contributed by atoms with Gasteiger partial charge in [0.25, 0.3) is 5.91 Å². The third-order valence-electron chi connectivity index (χ3n) is 3.03. The van der Waals surface area contributed by atoms with Crippen molar-refractivity contribution < 1.29 is 4.79 Å². The van der Waals surface area contributed by atoms with E-state index in [0.717, 1.165) is 18.5 Å². The quantitative estimate of drug-likeness (QED) is 0.769. The summed E-state index contributed by atoms with van der Waals surface area (Å²) in [6.45, 7) is 2.18. The molecule has 0 spiro atoms. The fraction of sp³-hybridized carbons (Fsp3) is 0.385. The summed E-state index contributed by atoms with van der Waals surface area (Å²) >= 11 is 1.28. The van der Waals surface area contributed by atoms with Crippen LogP contribution in [0.15, 0.2) is 12.4 Å². The second-order valence-electron chi connectivity index (χ2n) is 4.98. The van der Waals surface area contributed by atoms with Crippen molar-refractivity contribution in [2.75, 3.05) is 11.1 Å². The number of nitrogens with zero attached hydrogens (tertiary/aromatic N) is 3. The van der Waals surface area contributed by atoms with Gasteiger partial charge in [-0.25, -0.2) is 4.98 Å². The molecule has 0 saturated heterocycles. The van der Waals surface area contributed by atoms with Crippen LogP contribution in [-0.2, 0) is 6.54 Å². The zero-order valence-electron chi connectivity index (χ0n) is 11.6. The van der Waals surface area contributed by atoms with E-state index in [4.69, 9.17) is 5.73 Å². The van der Waals surface area contributed by atoms with Crippen LogP contribution in [0.25, 0.3) is 0 Å². The van der Waals surface area contributed by atoms with Crippen LogP contribution >= 0.6 is 11.3 Å². The molecule has 3 rings (SSSR count). The molecule has 0 unspecified atom stereocenters. The first-order valence-corrected chi connectivity index (χ1v) is 7.52. The molecule has 8 heteroatoms. The summed E-state index contributed by atoms with van der Waals surface area (Å²) in [6, 6.07) is 0.481. The third kappa shape index (κ3) is 3.46. The lowest BCUT2D eigenvalue weighted by atomic mass is 10.4. The Hall–Kier alpha value is -2.22. The molecule has 0 atom stereocenters. The molecule has 21 heavy (non-hydrogen) atoms. The normalized spacial score (nSPS) is 14.0. The minimum absolute atomic E-state index is 0.240. The van der Waals surface area contributed by atoms with Crippen LogP contribution in [0, 0.1) is 6.92 Å². The number of thiazole rings is 1. The first-order chi connectivity index (χ1) is 10.1. The van der Waals surface area contributed by atoms with Crippen molar-refractivity contribution in [1.82, 2.24) is 20.3 Å². The van der Waals surface area contributed by atoms with Crippen LogP contribution in [0.3, 0.4) is 0 Å². The monoisotopic (exact) mass is 304 g/mol. The molecule has 2 heterocycles. The fourth-order valence-electron chi connectivity index (χ4n) is 1.72. The zero-order chi connectivity index (χ0) is 14.8. The van der Waals surface area contributed by atoms with Crippen LogP contribution in [0.4, 0.5) is 10.9 Å². The van der Waals surface area contributed by atoms with Crippen molar-refractivity contribution in [1.29, 1.82) is 0 Å². The summed E-state index contributed by atoms with van der Waals surface area (Å²) in [7, 11) is 0. The zero-order valence-corrected chi connectivity index (χ0v) is 12.4. The minimum Gasteiger partial charge on any atom is -0.382 e. The van der Waals surface area contributed by atoms with Gasteiger partial charge in [-0.3, -0.25) is 14.8 Å². The van der Waals surface area contributed by atoms with Crippen molar-refractivity contribution >= 4 is 28.2 Å². The Morgan fingerprint density at radius 1 is 1.43 bits per heavy atom. The Kier molecular flexibility index (Phi) is 3.70. The molecule has 4 N–H and O–H groups in total. The summed E-state index contributed by atoms with van der Waals surface area (Å²) in [5.41, 5.74) is 7.34. The Morgan fingerprint density at radius 2 is 2.24 bits per heavy atom. The number of aryl methyl sites for hydroxylation is 1. The molecule has 0 radical (unpaired) electrons. The number of amides is 1. The molecule has 1 amide bonds. The molecule has 1 fully saturated rings. The van der Waals surface area contributed by atoms with Gasteiger partial charge in [-0.05, 0) is 19.8 Å². The summed E-state index contributed by atoms with van der Waals surface area (Å²) in [6.07, 6.45) is 5.60. The number of nitrogens with one attached hydrogen (secondary N) is 2. The van der Waals surface area contributed by atoms with Crippen molar-refractivity contribution in [2.45, 2.75) is 32.4 Å². The lowest BCUT2D eigenvalue weighted by Gasteiger charge is -2.03. The molecular weight excluding hydrogens is 288 g/mol. The number of carbonyl (C=O) groups is 1. The van der Waals surface area contributed by atoms with Crippen molar-refractivity contribution in [3.63, 3.8) is 0 Å². The lowest BCUT2D eigenvalue weighted by molar-refractivity contribution is 0.0955. The number of nitrogen functional groups attached to an aromatic ring is 1. The van der Waals surface area contributed by atoms with Gasteiger partial charge in [0.2, 0.25) is 0 Å². The smallest absolute Gasteiger partial charge is 0.265 e. The fourth-order valence-corrected chi connectivity index (χ4v) is 2.60. The van der Waals surface area contributed by atoms with Gasteiger partial charge in [-0.1, -0.05) is 11.3 Å². The van der Waals surface area contributed by atoms with E-state index in [-0.39, 0.29) is 11.7 Å². The number of rotatable bonds is 5. The maximum absolute atomic E-state index is 12.1. The Labute approximate surface area is 126 Å². The highest BCUT2D eigenvalue weighted by Crippen LogP contribution is 2.30. The third-order valence-corrected chi connectivity index (χ3v) is 4.03. The van der Waals surface area contributed by atoms with Crippen LogP contribution in [-0.4, -0.2) is 26.9 Å². The van der Waals surface area contributed by atoms with Gasteiger partial charge in [-0.15, -0.1) is 0 Å². The Morgan fingerprint density at radius 3 is 2.90 bits per heavy atom. The highest BCUT2D eigenvalue weighted by Gasteiger charge is 2.24. The van der Waals surface area contributed by atoms with E-state index in [1.807, 2.05) is 6.92 Å². The molecule has 0 aliphatic heterocycles. The van der Waals surface area contributed by atoms with E-state index in [9.17, 15) is 4.79 Å². The van der Waals surface area contributed by atoms with Crippen LogP contribution < -0.4 is 16.4 Å². The predicted molar refractivity (Wildman–Crippen MR) is 81.1 cm³/mol. The average Bonchev–Trinajstić information content (AvgIpc) is 3.19. The topological polar surface area (TPSA) is 106 Å². The second-order valence-corrected chi connectivity index (χ2v) is 5.98. The highest BCUT2D eigenvalue weighted by molar-refractivity contribution is 7.18. The summed E-state index contributed by atoms with van der Waals surface area (Å²) in [5.74, 6) is 0.0202. The van der Waals surface area contributed by atoms with Gasteiger partial charge in [0.05, 0.1) is 24.1 Å². The molecule has 1 aliphatic carbocycles. The van der Waals surface area contributed by atoms with E-state index < -0.39 is 0 Å². The van der Waals surface area contributed by atoms with Gasteiger partial charge in [0.1, 0.15) is 10.7 Å². The standard InChI is InChI=1S/C13H16N6OS/c1-7-4-16-9(5-15-7)6-17-12(20)10-11(14)19-13(21-10)18-8-2-3-8/h4-5,8H,2-3,6,14H2,1H3,(H,17,20)(H,18,19). The molecular formula is C13H16N6OS. The summed E-state index contributed by atoms with van der Waals surface area (Å²) in [4.78, 5) is 25.0. The van der Waals surface area contributed by atoms with Crippen LogP contribution in [0.5, 0.6) is 0 Å². The molecule has 2 aromatic heterocycles. The minimum atomic E-state index is -0.240. The number of anilines is 2. The first kappa shape index (κ1) is 13.7. The van der Waals surface area contributed by atoms with Crippen molar-refractivity contribution in [3.05, 3.63) is 28.7 Å². The van der Waals surface area contributed by atoms with E-state index in [0.29, 0.717) is 28.3 Å². The van der Waals surface area contributed by atoms with E-state index in [1.165, 1.54) is 11.3 Å². The molecule has 7 nitrogen and oxygen atoms in total. The number of aromatic nitrogens is 3. The summed E-state index contributed by atoms with van der Waals surface area (Å²) in [5, 5.41) is 6.72. The van der Waals surface area contributed by atoms with Crippen molar-refractivity contribution in [3.8, 4) is 0 Å². The molecule has 2 aromatic rings.